The Morgan fingerprint density at radius 1 is 1.25 bits per heavy atom. The Bertz CT molecular complexity index is 557. The molecule has 4 nitrogen and oxygen atoms in total. The summed E-state index contributed by atoms with van der Waals surface area (Å²) in [5.41, 5.74) is 0.819. The van der Waals surface area contributed by atoms with Crippen molar-refractivity contribution in [1.82, 2.24) is 9.21 Å². The summed E-state index contributed by atoms with van der Waals surface area (Å²) in [7, 11) is -1.33. The second-order valence-electron chi connectivity index (χ2n) is 5.56. The number of sulfonamides is 1. The summed E-state index contributed by atoms with van der Waals surface area (Å²) in [6.45, 7) is 6.29. The lowest BCUT2D eigenvalue weighted by molar-refractivity contribution is 0.270. The van der Waals surface area contributed by atoms with Gasteiger partial charge in [0.1, 0.15) is 0 Å². The van der Waals surface area contributed by atoms with Crippen molar-refractivity contribution in [1.29, 1.82) is 0 Å². The van der Waals surface area contributed by atoms with Crippen LogP contribution in [-0.4, -0.2) is 50.3 Å². The van der Waals surface area contributed by atoms with Crippen molar-refractivity contribution in [3.8, 4) is 0 Å². The van der Waals surface area contributed by atoms with E-state index in [4.69, 9.17) is 0 Å². The Kier molecular flexibility index (Phi) is 4.83. The molecule has 0 N–H and O–H groups in total. The van der Waals surface area contributed by atoms with Gasteiger partial charge in [0.2, 0.25) is 10.0 Å². The van der Waals surface area contributed by atoms with Crippen LogP contribution in [0.1, 0.15) is 25.3 Å². The van der Waals surface area contributed by atoms with Crippen molar-refractivity contribution in [2.24, 2.45) is 0 Å². The van der Waals surface area contributed by atoms with Crippen LogP contribution >= 0.6 is 0 Å². The third-order valence-corrected chi connectivity index (χ3v) is 6.11. The summed E-state index contributed by atoms with van der Waals surface area (Å²) in [5.74, 6) is 0. The van der Waals surface area contributed by atoms with Gasteiger partial charge >= 0.3 is 0 Å². The molecule has 0 saturated carbocycles. The van der Waals surface area contributed by atoms with E-state index < -0.39 is 10.0 Å². The average molecular weight is 296 g/mol. The van der Waals surface area contributed by atoms with Gasteiger partial charge in [0.15, 0.2) is 0 Å². The van der Waals surface area contributed by atoms with Crippen molar-refractivity contribution >= 4 is 10.0 Å². The first-order valence-corrected chi connectivity index (χ1v) is 8.67. The maximum Gasteiger partial charge on any atom is 0.243 e. The molecule has 1 aliphatic heterocycles. The van der Waals surface area contributed by atoms with Gasteiger partial charge in [-0.15, -0.1) is 0 Å². The van der Waals surface area contributed by atoms with Crippen molar-refractivity contribution < 1.29 is 8.42 Å². The summed E-state index contributed by atoms with van der Waals surface area (Å²) in [5, 5.41) is 0. The third-order valence-electron chi connectivity index (χ3n) is 4.00. The molecule has 1 fully saturated rings. The minimum Gasteiger partial charge on any atom is -0.305 e. The Morgan fingerprint density at radius 3 is 2.60 bits per heavy atom. The number of likely N-dealkylation sites (N-methyl/N-ethyl adjacent to an activating group) is 1. The Balaban J connectivity index is 2.39. The number of benzene rings is 1. The zero-order valence-corrected chi connectivity index (χ0v) is 13.4. The monoisotopic (exact) mass is 296 g/mol. The van der Waals surface area contributed by atoms with Gasteiger partial charge in [-0.2, -0.15) is 4.31 Å². The highest BCUT2D eigenvalue weighted by molar-refractivity contribution is 7.89. The van der Waals surface area contributed by atoms with Gasteiger partial charge in [-0.05, 0) is 45.0 Å². The number of hydrogen-bond donors (Lipinski definition) is 0. The first kappa shape index (κ1) is 15.5. The van der Waals surface area contributed by atoms with E-state index >= 15 is 0 Å². The quantitative estimate of drug-likeness (QED) is 0.857. The molecule has 1 aromatic rings. The van der Waals surface area contributed by atoms with E-state index in [1.807, 2.05) is 19.1 Å². The van der Waals surface area contributed by atoms with Crippen molar-refractivity contribution in [2.45, 2.75) is 37.6 Å². The second-order valence-corrected chi connectivity index (χ2v) is 7.42. The average Bonchev–Trinajstić information content (AvgIpc) is 2.60. The van der Waals surface area contributed by atoms with Crippen molar-refractivity contribution in [3.05, 3.63) is 29.8 Å². The molecule has 1 aromatic carbocycles. The molecule has 0 amide bonds. The highest BCUT2D eigenvalue weighted by Gasteiger charge is 2.33. The predicted molar refractivity (Wildman–Crippen MR) is 81.3 cm³/mol. The van der Waals surface area contributed by atoms with Gasteiger partial charge in [-0.25, -0.2) is 8.42 Å². The molecule has 2 rings (SSSR count). The molecule has 0 spiro atoms. The van der Waals surface area contributed by atoms with Crippen LogP contribution in [0.3, 0.4) is 0 Å². The summed E-state index contributed by atoms with van der Waals surface area (Å²) >= 11 is 0. The Hall–Kier alpha value is -0.910. The molecule has 1 unspecified atom stereocenters. The lowest BCUT2D eigenvalue weighted by Gasteiger charge is -2.29. The Labute approximate surface area is 122 Å². The minimum atomic E-state index is -3.39. The van der Waals surface area contributed by atoms with Gasteiger partial charge in [0.05, 0.1) is 4.90 Å². The van der Waals surface area contributed by atoms with Gasteiger partial charge in [0, 0.05) is 19.1 Å². The van der Waals surface area contributed by atoms with Crippen LogP contribution in [0, 0.1) is 6.92 Å². The molecular formula is C15H24N2O2S. The molecule has 1 aliphatic rings. The van der Waals surface area contributed by atoms with Crippen LogP contribution in [0.4, 0.5) is 0 Å². The number of hydrogen-bond acceptors (Lipinski definition) is 3. The minimum absolute atomic E-state index is 0.0621. The van der Waals surface area contributed by atoms with Crippen LogP contribution in [0.2, 0.25) is 0 Å². The van der Waals surface area contributed by atoms with Gasteiger partial charge in [-0.3, -0.25) is 0 Å². The third kappa shape index (κ3) is 3.05. The van der Waals surface area contributed by atoms with Gasteiger partial charge < -0.3 is 4.90 Å². The highest BCUT2D eigenvalue weighted by Crippen LogP contribution is 2.24. The molecule has 112 valence electrons. The van der Waals surface area contributed by atoms with Gasteiger partial charge in [-0.1, -0.05) is 25.1 Å². The highest BCUT2D eigenvalue weighted by atomic mass is 32.2. The zero-order valence-electron chi connectivity index (χ0n) is 12.5. The van der Waals surface area contributed by atoms with E-state index in [1.165, 1.54) is 0 Å². The predicted octanol–water partition coefficient (Wildman–Crippen LogP) is 2.10. The summed E-state index contributed by atoms with van der Waals surface area (Å²) in [4.78, 5) is 2.67. The number of nitrogens with zero attached hydrogens (tertiary/aromatic N) is 2. The number of rotatable bonds is 3. The zero-order chi connectivity index (χ0) is 14.8. The standard InChI is InChI=1S/C15H24N2O2S/c1-4-14-12-16(3)10-7-11-17(14)20(18,19)15-9-6-5-8-13(15)2/h5-6,8-9,14H,4,7,10-12H2,1-3H3. The van der Waals surface area contributed by atoms with E-state index in [9.17, 15) is 8.42 Å². The lowest BCUT2D eigenvalue weighted by atomic mass is 10.2. The fourth-order valence-electron chi connectivity index (χ4n) is 2.84. The first-order valence-electron chi connectivity index (χ1n) is 7.23. The van der Waals surface area contributed by atoms with Crippen LogP contribution in [0.5, 0.6) is 0 Å². The van der Waals surface area contributed by atoms with E-state index in [0.29, 0.717) is 11.4 Å². The van der Waals surface area contributed by atoms with Crippen LogP contribution < -0.4 is 0 Å². The molecular weight excluding hydrogens is 272 g/mol. The summed E-state index contributed by atoms with van der Waals surface area (Å²) in [6, 6.07) is 7.31. The molecule has 1 heterocycles. The second kappa shape index (κ2) is 6.24. The molecule has 0 bridgehead atoms. The van der Waals surface area contributed by atoms with Crippen LogP contribution in [0.15, 0.2) is 29.2 Å². The maximum absolute atomic E-state index is 12.9. The van der Waals surface area contributed by atoms with E-state index in [1.54, 1.807) is 16.4 Å². The molecule has 0 radical (unpaired) electrons. The van der Waals surface area contributed by atoms with Crippen LogP contribution in [-0.2, 0) is 10.0 Å². The smallest absolute Gasteiger partial charge is 0.243 e. The van der Waals surface area contributed by atoms with Crippen LogP contribution in [0.25, 0.3) is 0 Å². The van der Waals surface area contributed by atoms with Crippen molar-refractivity contribution in [3.63, 3.8) is 0 Å². The molecule has 0 aromatic heterocycles. The van der Waals surface area contributed by atoms with Gasteiger partial charge in [0.25, 0.3) is 0 Å². The SMILES string of the molecule is CCC1CN(C)CCCN1S(=O)(=O)c1ccccc1C. The maximum atomic E-state index is 12.9. The lowest BCUT2D eigenvalue weighted by Crippen LogP contribution is -2.43. The topological polar surface area (TPSA) is 40.6 Å². The van der Waals surface area contributed by atoms with E-state index in [2.05, 4.69) is 18.9 Å². The normalized spacial score (nSPS) is 22.6. The molecule has 1 atom stereocenters. The fraction of sp³-hybridized carbons (Fsp3) is 0.600. The number of aryl methyl sites for hydroxylation is 1. The summed E-state index contributed by atoms with van der Waals surface area (Å²) in [6.07, 6.45) is 1.73. The first-order chi connectivity index (χ1) is 9.46. The molecule has 1 saturated heterocycles. The largest absolute Gasteiger partial charge is 0.305 e. The fourth-order valence-corrected chi connectivity index (χ4v) is 4.80. The Morgan fingerprint density at radius 2 is 1.95 bits per heavy atom. The molecule has 0 aliphatic carbocycles. The van der Waals surface area contributed by atoms with E-state index in [-0.39, 0.29) is 6.04 Å². The molecule has 20 heavy (non-hydrogen) atoms. The van der Waals surface area contributed by atoms with Crippen molar-refractivity contribution in [2.75, 3.05) is 26.7 Å². The van der Waals surface area contributed by atoms with E-state index in [0.717, 1.165) is 31.5 Å². The summed E-state index contributed by atoms with van der Waals surface area (Å²) < 4.78 is 27.6. The molecule has 5 heteroatoms.